The van der Waals surface area contributed by atoms with Gasteiger partial charge in [-0.05, 0) is 28.9 Å². The zero-order chi connectivity index (χ0) is 14.8. The number of rotatable bonds is 3. The number of esters is 1. The number of ether oxygens (including phenoxy) is 1. The quantitative estimate of drug-likeness (QED) is 0.613. The van der Waals surface area contributed by atoms with E-state index in [1.54, 1.807) is 0 Å². The van der Waals surface area contributed by atoms with E-state index in [2.05, 4.69) is 25.7 Å². The molecule has 0 aliphatic heterocycles. The molecule has 9 heteroatoms. The number of alkyl halides is 5. The molecule has 1 aromatic rings. The van der Waals surface area contributed by atoms with Crippen LogP contribution in [-0.4, -0.2) is 17.6 Å². The van der Waals surface area contributed by atoms with Crippen molar-refractivity contribution in [3.63, 3.8) is 0 Å². The summed E-state index contributed by atoms with van der Waals surface area (Å²) in [5, 5.41) is 0. The molecule has 19 heavy (non-hydrogen) atoms. The Morgan fingerprint density at radius 2 is 2.05 bits per heavy atom. The number of hydrogen-bond donors (Lipinski definition) is 0. The number of carbonyl (C=O) groups excluding carboxylic acids is 1. The van der Waals surface area contributed by atoms with Gasteiger partial charge in [-0.15, -0.1) is 0 Å². The highest BCUT2D eigenvalue weighted by Gasteiger charge is 2.38. The molecule has 1 rings (SSSR count). The third kappa shape index (κ3) is 3.62. The van der Waals surface area contributed by atoms with Crippen LogP contribution in [0.5, 0.6) is 0 Å². The third-order valence-corrected chi connectivity index (χ3v) is 2.59. The number of nitrogens with zero attached hydrogens (tertiary/aromatic N) is 1. The maximum atomic E-state index is 12.6. The van der Waals surface area contributed by atoms with E-state index in [4.69, 9.17) is 0 Å². The number of pyridine rings is 1. The second-order valence-corrected chi connectivity index (χ2v) is 4.12. The molecule has 0 saturated heterocycles. The van der Waals surface area contributed by atoms with Crippen LogP contribution in [0.2, 0.25) is 0 Å². The summed E-state index contributed by atoms with van der Waals surface area (Å²) < 4.78 is 67.0. The van der Waals surface area contributed by atoms with Gasteiger partial charge < -0.3 is 4.74 Å². The largest absolute Gasteiger partial charge is 0.461 e. The van der Waals surface area contributed by atoms with Crippen molar-refractivity contribution in [2.45, 2.75) is 19.5 Å². The molecule has 0 N–H and O–H groups in total. The molecule has 0 aliphatic carbocycles. The van der Waals surface area contributed by atoms with Crippen molar-refractivity contribution in [1.29, 1.82) is 0 Å². The summed E-state index contributed by atoms with van der Waals surface area (Å²) in [5.41, 5.74) is -3.72. The van der Waals surface area contributed by atoms with Gasteiger partial charge in [-0.25, -0.2) is 18.6 Å². The van der Waals surface area contributed by atoms with Crippen molar-refractivity contribution in [3.8, 4) is 0 Å². The first-order valence-corrected chi connectivity index (χ1v) is 5.70. The van der Waals surface area contributed by atoms with Gasteiger partial charge in [0.2, 0.25) is 0 Å². The van der Waals surface area contributed by atoms with E-state index in [1.807, 2.05) is 0 Å². The highest BCUT2D eigenvalue weighted by atomic mass is 79.9. The minimum atomic E-state index is -4.99. The van der Waals surface area contributed by atoms with E-state index < -0.39 is 35.5 Å². The Hall–Kier alpha value is -1.25. The minimum Gasteiger partial charge on any atom is -0.461 e. The van der Waals surface area contributed by atoms with Gasteiger partial charge in [0.05, 0.1) is 16.6 Å². The Labute approximate surface area is 112 Å². The van der Waals surface area contributed by atoms with Crippen LogP contribution in [0, 0.1) is 0 Å². The lowest BCUT2D eigenvalue weighted by Gasteiger charge is -2.14. The van der Waals surface area contributed by atoms with Crippen molar-refractivity contribution >= 4 is 21.9 Å². The maximum absolute atomic E-state index is 12.6. The molecule has 0 fully saturated rings. The van der Waals surface area contributed by atoms with Crippen LogP contribution >= 0.6 is 15.9 Å². The van der Waals surface area contributed by atoms with Gasteiger partial charge in [0, 0.05) is 0 Å². The van der Waals surface area contributed by atoms with Crippen molar-refractivity contribution in [3.05, 3.63) is 27.5 Å². The first-order valence-electron chi connectivity index (χ1n) is 4.91. The molecule has 0 saturated carbocycles. The van der Waals surface area contributed by atoms with Crippen LogP contribution in [0.15, 0.2) is 10.5 Å². The molecule has 0 amide bonds. The highest BCUT2D eigenvalue weighted by Crippen LogP contribution is 2.37. The van der Waals surface area contributed by atoms with E-state index in [1.165, 1.54) is 6.92 Å². The van der Waals surface area contributed by atoms with Gasteiger partial charge in [0.15, 0.2) is 5.69 Å². The van der Waals surface area contributed by atoms with Crippen LogP contribution < -0.4 is 0 Å². The molecule has 0 aliphatic rings. The second-order valence-electron chi connectivity index (χ2n) is 3.27. The predicted molar refractivity (Wildman–Crippen MR) is 57.9 cm³/mol. The second kappa shape index (κ2) is 5.81. The fourth-order valence-corrected chi connectivity index (χ4v) is 1.72. The standard InChI is InChI=1S/C10H7BrF5NO2/c1-2-19-9(18)7-5(11)3-4(10(14,15)16)6(17-7)8(12)13/h3,8H,2H2,1H3. The fourth-order valence-electron chi connectivity index (χ4n) is 1.24. The van der Waals surface area contributed by atoms with E-state index in [-0.39, 0.29) is 11.1 Å². The zero-order valence-corrected chi connectivity index (χ0v) is 11.0. The Morgan fingerprint density at radius 3 is 2.47 bits per heavy atom. The van der Waals surface area contributed by atoms with Crippen LogP contribution in [0.4, 0.5) is 22.0 Å². The Balaban J connectivity index is 3.41. The van der Waals surface area contributed by atoms with Gasteiger partial charge in [0.1, 0.15) is 5.69 Å². The van der Waals surface area contributed by atoms with Crippen LogP contribution in [0.25, 0.3) is 0 Å². The van der Waals surface area contributed by atoms with Crippen molar-refractivity contribution in [1.82, 2.24) is 4.98 Å². The van der Waals surface area contributed by atoms with E-state index in [0.717, 1.165) is 0 Å². The minimum absolute atomic E-state index is 0.0576. The molecule has 0 atom stereocenters. The molecule has 106 valence electrons. The van der Waals surface area contributed by atoms with Gasteiger partial charge in [-0.3, -0.25) is 0 Å². The van der Waals surface area contributed by atoms with Gasteiger partial charge >= 0.3 is 12.1 Å². The summed E-state index contributed by atoms with van der Waals surface area (Å²) in [6.07, 6.45) is -8.45. The van der Waals surface area contributed by atoms with Crippen LogP contribution in [0.3, 0.4) is 0 Å². The summed E-state index contributed by atoms with van der Waals surface area (Å²) in [4.78, 5) is 14.4. The topological polar surface area (TPSA) is 39.2 Å². The Morgan fingerprint density at radius 1 is 1.47 bits per heavy atom. The monoisotopic (exact) mass is 347 g/mol. The number of halogens is 6. The molecule has 3 nitrogen and oxygen atoms in total. The lowest BCUT2D eigenvalue weighted by molar-refractivity contribution is -0.140. The average molecular weight is 348 g/mol. The summed E-state index contributed by atoms with van der Waals surface area (Å²) in [6.45, 7) is 1.40. The molecule has 0 unspecified atom stereocenters. The fraction of sp³-hybridized carbons (Fsp3) is 0.400. The highest BCUT2D eigenvalue weighted by molar-refractivity contribution is 9.10. The first-order chi connectivity index (χ1) is 8.68. The molecule has 0 radical (unpaired) electrons. The van der Waals surface area contributed by atoms with Crippen LogP contribution in [0.1, 0.15) is 35.1 Å². The van der Waals surface area contributed by atoms with E-state index >= 15 is 0 Å². The molecule has 0 spiro atoms. The molecular weight excluding hydrogens is 341 g/mol. The first kappa shape index (κ1) is 15.8. The normalized spacial score (nSPS) is 11.8. The SMILES string of the molecule is CCOC(=O)c1nc(C(F)F)c(C(F)(F)F)cc1Br. The summed E-state index contributed by atoms with van der Waals surface area (Å²) in [7, 11) is 0. The van der Waals surface area contributed by atoms with Crippen molar-refractivity contribution in [2.24, 2.45) is 0 Å². The third-order valence-electron chi connectivity index (χ3n) is 1.99. The molecular formula is C10H7BrF5NO2. The van der Waals surface area contributed by atoms with Gasteiger partial charge in [0.25, 0.3) is 6.43 Å². The number of carbonyl (C=O) groups is 1. The lowest BCUT2D eigenvalue weighted by Crippen LogP contribution is -2.16. The van der Waals surface area contributed by atoms with Gasteiger partial charge in [-0.2, -0.15) is 13.2 Å². The Bertz CT molecular complexity index is 490. The molecule has 0 aromatic carbocycles. The predicted octanol–water partition coefficient (Wildman–Crippen LogP) is 3.98. The van der Waals surface area contributed by atoms with Crippen molar-refractivity contribution in [2.75, 3.05) is 6.61 Å². The summed E-state index contributed by atoms with van der Waals surface area (Å²) in [6, 6.07) is 0.390. The molecule has 1 aromatic heterocycles. The lowest BCUT2D eigenvalue weighted by atomic mass is 10.1. The van der Waals surface area contributed by atoms with Crippen molar-refractivity contribution < 1.29 is 31.5 Å². The van der Waals surface area contributed by atoms with E-state index in [0.29, 0.717) is 6.07 Å². The van der Waals surface area contributed by atoms with Crippen LogP contribution in [-0.2, 0) is 10.9 Å². The van der Waals surface area contributed by atoms with Gasteiger partial charge in [-0.1, -0.05) is 0 Å². The average Bonchev–Trinajstić information content (AvgIpc) is 2.27. The molecule has 0 bridgehead atoms. The summed E-state index contributed by atoms with van der Waals surface area (Å²) in [5.74, 6) is -1.08. The number of hydrogen-bond acceptors (Lipinski definition) is 3. The summed E-state index contributed by atoms with van der Waals surface area (Å²) >= 11 is 2.69. The maximum Gasteiger partial charge on any atom is 0.418 e. The van der Waals surface area contributed by atoms with E-state index in [9.17, 15) is 26.7 Å². The zero-order valence-electron chi connectivity index (χ0n) is 9.39. The smallest absolute Gasteiger partial charge is 0.418 e. The Kier molecular flexibility index (Phi) is 4.83. The molecule has 1 heterocycles. The number of aromatic nitrogens is 1.